The molecule has 7 nitrogen and oxygen atoms in total. The minimum atomic E-state index is -4.48. The number of nitrogens with zero attached hydrogens (tertiary/aromatic N) is 3. The van der Waals surface area contributed by atoms with Gasteiger partial charge in [-0.3, -0.25) is 4.90 Å². The van der Waals surface area contributed by atoms with Crippen LogP contribution in [0.2, 0.25) is 0 Å². The van der Waals surface area contributed by atoms with Gasteiger partial charge < -0.3 is 19.1 Å². The van der Waals surface area contributed by atoms with Gasteiger partial charge in [0.15, 0.2) is 11.6 Å². The summed E-state index contributed by atoms with van der Waals surface area (Å²) in [5, 5.41) is 0. The molecule has 36 heavy (non-hydrogen) atoms. The van der Waals surface area contributed by atoms with Gasteiger partial charge in [0, 0.05) is 24.4 Å². The third-order valence-electron chi connectivity index (χ3n) is 5.66. The SMILES string of the molecule is C=C(/C=C\C=C(/C)OC(=O)N1CCOc2ccc(-c3cccc(C(F)(F)F)c3)nc21)N1CCOCC1. The highest BCUT2D eigenvalue weighted by Gasteiger charge is 2.31. The zero-order valence-corrected chi connectivity index (χ0v) is 19.8. The van der Waals surface area contributed by atoms with Crippen LogP contribution in [0.4, 0.5) is 23.8 Å². The van der Waals surface area contributed by atoms with Gasteiger partial charge in [0.2, 0.25) is 0 Å². The minimum absolute atomic E-state index is 0.182. The standard InChI is InChI=1S/C26H26F3N3O4/c1-18(31-11-14-34-15-12-31)5-3-6-19(2)36-25(33)32-13-16-35-23-10-9-22(30-24(23)32)20-7-4-8-21(17-20)26(27,28)29/h3-10,17H,1,11-16H2,2H3/b5-3-,19-6+. The molecule has 1 saturated heterocycles. The van der Waals surface area contributed by atoms with E-state index in [-0.39, 0.29) is 30.2 Å². The Morgan fingerprint density at radius 2 is 1.92 bits per heavy atom. The Balaban J connectivity index is 1.47. The molecule has 0 saturated carbocycles. The van der Waals surface area contributed by atoms with Gasteiger partial charge in [-0.1, -0.05) is 24.8 Å². The molecule has 0 atom stereocenters. The van der Waals surface area contributed by atoms with Crippen molar-refractivity contribution >= 4 is 11.9 Å². The number of anilines is 1. The molecule has 2 aliphatic rings. The predicted octanol–water partition coefficient (Wildman–Crippen LogP) is 5.41. The maximum Gasteiger partial charge on any atom is 0.420 e. The van der Waals surface area contributed by atoms with E-state index in [1.165, 1.54) is 17.0 Å². The van der Waals surface area contributed by atoms with Gasteiger partial charge in [-0.25, -0.2) is 9.78 Å². The summed E-state index contributed by atoms with van der Waals surface area (Å²) in [7, 11) is 0. The molecule has 2 aromatic rings. The second-order valence-corrected chi connectivity index (χ2v) is 8.19. The fourth-order valence-electron chi connectivity index (χ4n) is 3.77. The Morgan fingerprint density at radius 3 is 2.67 bits per heavy atom. The van der Waals surface area contributed by atoms with Crippen LogP contribution in [-0.2, 0) is 15.7 Å². The van der Waals surface area contributed by atoms with Crippen LogP contribution in [0.25, 0.3) is 11.3 Å². The van der Waals surface area contributed by atoms with Crippen LogP contribution < -0.4 is 9.64 Å². The van der Waals surface area contributed by atoms with E-state index in [1.54, 1.807) is 31.2 Å². The van der Waals surface area contributed by atoms with Gasteiger partial charge in [-0.15, -0.1) is 0 Å². The molecule has 0 spiro atoms. The fraction of sp³-hybridized carbons (Fsp3) is 0.308. The number of pyridine rings is 1. The van der Waals surface area contributed by atoms with Crippen molar-refractivity contribution in [3.05, 3.63) is 78.2 Å². The molecule has 1 fully saturated rings. The number of rotatable bonds is 5. The summed E-state index contributed by atoms with van der Waals surface area (Å²) >= 11 is 0. The molecule has 0 N–H and O–H groups in total. The molecule has 4 rings (SSSR count). The van der Waals surface area contributed by atoms with E-state index in [0.29, 0.717) is 24.7 Å². The van der Waals surface area contributed by atoms with Gasteiger partial charge in [-0.2, -0.15) is 13.2 Å². The van der Waals surface area contributed by atoms with Crippen LogP contribution in [0, 0.1) is 0 Å². The summed E-state index contributed by atoms with van der Waals surface area (Å²) in [6.45, 7) is 8.95. The van der Waals surface area contributed by atoms with Crippen molar-refractivity contribution in [2.75, 3.05) is 44.4 Å². The summed E-state index contributed by atoms with van der Waals surface area (Å²) in [6.07, 6.45) is 0.0862. The van der Waals surface area contributed by atoms with Crippen LogP contribution in [0.3, 0.4) is 0 Å². The Morgan fingerprint density at radius 1 is 1.14 bits per heavy atom. The minimum Gasteiger partial charge on any atom is -0.488 e. The molecule has 10 heteroatoms. The molecule has 1 amide bonds. The van der Waals surface area contributed by atoms with Crippen LogP contribution in [0.5, 0.6) is 5.75 Å². The van der Waals surface area contributed by atoms with E-state index < -0.39 is 17.8 Å². The topological polar surface area (TPSA) is 64.1 Å². The van der Waals surface area contributed by atoms with Crippen molar-refractivity contribution in [1.29, 1.82) is 0 Å². The number of allylic oxidation sites excluding steroid dienone is 4. The highest BCUT2D eigenvalue weighted by Crippen LogP contribution is 2.35. The predicted molar refractivity (Wildman–Crippen MR) is 128 cm³/mol. The molecule has 0 bridgehead atoms. The molecule has 0 radical (unpaired) electrons. The Kier molecular flexibility index (Phi) is 7.64. The van der Waals surface area contributed by atoms with Crippen LogP contribution in [-0.4, -0.2) is 55.4 Å². The molecule has 2 aliphatic heterocycles. The van der Waals surface area contributed by atoms with Gasteiger partial charge in [-0.05, 0) is 43.3 Å². The average molecular weight is 502 g/mol. The maximum absolute atomic E-state index is 13.1. The van der Waals surface area contributed by atoms with E-state index in [9.17, 15) is 18.0 Å². The van der Waals surface area contributed by atoms with E-state index in [0.717, 1.165) is 30.9 Å². The molecule has 3 heterocycles. The lowest BCUT2D eigenvalue weighted by atomic mass is 10.1. The zero-order valence-electron chi connectivity index (χ0n) is 19.8. The number of hydrogen-bond acceptors (Lipinski definition) is 6. The van der Waals surface area contributed by atoms with E-state index >= 15 is 0 Å². The first kappa shape index (κ1) is 25.3. The second kappa shape index (κ2) is 10.9. The highest BCUT2D eigenvalue weighted by molar-refractivity contribution is 5.89. The van der Waals surface area contributed by atoms with E-state index in [1.807, 2.05) is 6.08 Å². The normalized spacial score (nSPS) is 16.5. The highest BCUT2D eigenvalue weighted by atomic mass is 19.4. The van der Waals surface area contributed by atoms with Crippen molar-refractivity contribution in [3.63, 3.8) is 0 Å². The van der Waals surface area contributed by atoms with Crippen molar-refractivity contribution < 1.29 is 32.2 Å². The van der Waals surface area contributed by atoms with E-state index in [4.69, 9.17) is 14.2 Å². The number of hydrogen-bond donors (Lipinski definition) is 0. The number of benzene rings is 1. The molecular weight excluding hydrogens is 475 g/mol. The third kappa shape index (κ3) is 6.06. The number of halogens is 3. The summed E-state index contributed by atoms with van der Waals surface area (Å²) in [5.74, 6) is 0.885. The first-order chi connectivity index (χ1) is 17.2. The number of ether oxygens (including phenoxy) is 3. The number of fused-ring (bicyclic) bond motifs is 1. The van der Waals surface area contributed by atoms with E-state index in [2.05, 4.69) is 16.5 Å². The second-order valence-electron chi connectivity index (χ2n) is 8.19. The maximum atomic E-state index is 13.1. The Labute approximate surface area is 207 Å². The number of carbonyl (C=O) groups is 1. The van der Waals surface area contributed by atoms with Crippen molar-refractivity contribution in [1.82, 2.24) is 9.88 Å². The molecule has 0 aliphatic carbocycles. The lowest BCUT2D eigenvalue weighted by Crippen LogP contribution is -2.38. The van der Waals surface area contributed by atoms with Crippen molar-refractivity contribution in [2.24, 2.45) is 0 Å². The summed E-state index contributed by atoms with van der Waals surface area (Å²) in [4.78, 5) is 20.7. The van der Waals surface area contributed by atoms with Gasteiger partial charge in [0.1, 0.15) is 12.4 Å². The first-order valence-corrected chi connectivity index (χ1v) is 11.4. The zero-order chi connectivity index (χ0) is 25.7. The molecule has 1 aromatic heterocycles. The quantitative estimate of drug-likeness (QED) is 0.403. The third-order valence-corrected chi connectivity index (χ3v) is 5.66. The largest absolute Gasteiger partial charge is 0.488 e. The number of amides is 1. The summed E-state index contributed by atoms with van der Waals surface area (Å²) in [5.41, 5.74) is 0.604. The van der Waals surface area contributed by atoms with Crippen molar-refractivity contribution in [2.45, 2.75) is 13.1 Å². The molecule has 1 aromatic carbocycles. The van der Waals surface area contributed by atoms with Gasteiger partial charge in [0.05, 0.1) is 31.0 Å². The number of alkyl halides is 3. The van der Waals surface area contributed by atoms with Crippen LogP contribution >= 0.6 is 0 Å². The smallest absolute Gasteiger partial charge is 0.420 e. The van der Waals surface area contributed by atoms with Crippen LogP contribution in [0.1, 0.15) is 12.5 Å². The molecular formula is C26H26F3N3O4. The van der Waals surface area contributed by atoms with Gasteiger partial charge in [0.25, 0.3) is 0 Å². The van der Waals surface area contributed by atoms with Gasteiger partial charge >= 0.3 is 12.3 Å². The lowest BCUT2D eigenvalue weighted by Gasteiger charge is -2.29. The average Bonchev–Trinajstić information content (AvgIpc) is 2.88. The Bertz CT molecular complexity index is 1190. The number of carbonyl (C=O) groups excluding carboxylic acids is 1. The molecule has 190 valence electrons. The summed E-state index contributed by atoms with van der Waals surface area (Å²) in [6, 6.07) is 8.00. The molecule has 0 unspecified atom stereocenters. The lowest BCUT2D eigenvalue weighted by molar-refractivity contribution is -0.137. The summed E-state index contributed by atoms with van der Waals surface area (Å²) < 4.78 is 55.8. The van der Waals surface area contributed by atoms with Crippen molar-refractivity contribution in [3.8, 4) is 17.0 Å². The number of morpholine rings is 1. The number of aromatic nitrogens is 1. The first-order valence-electron chi connectivity index (χ1n) is 11.4. The van der Waals surface area contributed by atoms with Crippen LogP contribution in [0.15, 0.2) is 72.7 Å². The fourth-order valence-corrected chi connectivity index (χ4v) is 3.77. The monoisotopic (exact) mass is 501 g/mol. The Hall–Kier alpha value is -3.79.